The van der Waals surface area contributed by atoms with E-state index in [2.05, 4.69) is 0 Å². The number of benzene rings is 1. The fourth-order valence-corrected chi connectivity index (χ4v) is 1.74. The van der Waals surface area contributed by atoms with Crippen LogP contribution >= 0.6 is 0 Å². The van der Waals surface area contributed by atoms with E-state index in [-0.39, 0.29) is 6.61 Å². The molecule has 0 bridgehead atoms. The van der Waals surface area contributed by atoms with Crippen molar-refractivity contribution in [3.05, 3.63) is 33.9 Å². The molecule has 0 aromatic heterocycles. The molecule has 1 aromatic carbocycles. The maximum absolute atomic E-state index is 13.7. The van der Waals surface area contributed by atoms with Crippen molar-refractivity contribution in [2.24, 2.45) is 5.92 Å². The third-order valence-electron chi connectivity index (χ3n) is 2.78. The Morgan fingerprint density at radius 1 is 1.17 bits per heavy atom. The fraction of sp³-hybridized carbons (Fsp3) is 0.600. The van der Waals surface area contributed by atoms with Gasteiger partial charge in [-0.15, -0.1) is 0 Å². The van der Waals surface area contributed by atoms with Gasteiger partial charge in [0.05, 0.1) is 17.6 Å². The minimum Gasteiger partial charge on any atom is -0.482 e. The summed E-state index contributed by atoms with van der Waals surface area (Å²) in [6.07, 6.45) is -1.04. The van der Waals surface area contributed by atoms with E-state index < -0.39 is 40.4 Å². The molecule has 0 fully saturated rings. The number of rotatable bonds is 9. The summed E-state index contributed by atoms with van der Waals surface area (Å²) in [6, 6.07) is 1.54. The summed E-state index contributed by atoms with van der Waals surface area (Å²) >= 11 is 0. The molecule has 1 rings (SSSR count). The van der Waals surface area contributed by atoms with Crippen LogP contribution in [0.5, 0.6) is 5.75 Å². The lowest BCUT2D eigenvalue weighted by Gasteiger charge is -2.20. The largest absolute Gasteiger partial charge is 0.482 e. The molecule has 0 aliphatic heterocycles. The number of nitrogens with zero attached hydrogens (tertiary/aromatic N) is 1. The first-order valence-corrected chi connectivity index (χ1v) is 7.24. The van der Waals surface area contributed by atoms with Gasteiger partial charge in [0.1, 0.15) is 6.61 Å². The van der Waals surface area contributed by atoms with Crippen molar-refractivity contribution >= 4 is 5.69 Å². The van der Waals surface area contributed by atoms with Gasteiger partial charge >= 0.3 is 5.69 Å². The van der Waals surface area contributed by atoms with Crippen molar-refractivity contribution in [1.29, 1.82) is 0 Å². The third-order valence-corrected chi connectivity index (χ3v) is 2.78. The Kier molecular flexibility index (Phi) is 7.31. The van der Waals surface area contributed by atoms with Gasteiger partial charge in [0.15, 0.2) is 12.1 Å². The highest BCUT2D eigenvalue weighted by atomic mass is 19.2. The van der Waals surface area contributed by atoms with Crippen molar-refractivity contribution in [2.75, 3.05) is 13.2 Å². The predicted molar refractivity (Wildman–Crippen MR) is 79.3 cm³/mol. The Balaban J connectivity index is 2.64. The summed E-state index contributed by atoms with van der Waals surface area (Å²) in [4.78, 5) is 10.0. The van der Waals surface area contributed by atoms with Crippen LogP contribution in [0.1, 0.15) is 27.7 Å². The molecule has 1 unspecified atom stereocenters. The average molecular weight is 333 g/mol. The molecule has 0 spiro atoms. The molecule has 1 aromatic rings. The van der Waals surface area contributed by atoms with Crippen LogP contribution in [-0.2, 0) is 9.47 Å². The first-order chi connectivity index (χ1) is 10.7. The molecule has 130 valence electrons. The van der Waals surface area contributed by atoms with Gasteiger partial charge in [0.25, 0.3) is 0 Å². The number of nitro groups is 1. The number of halogens is 2. The zero-order valence-corrected chi connectivity index (χ0v) is 13.5. The molecule has 6 nitrogen and oxygen atoms in total. The van der Waals surface area contributed by atoms with E-state index in [1.807, 2.05) is 13.8 Å². The molecule has 23 heavy (non-hydrogen) atoms. The van der Waals surface area contributed by atoms with Crippen LogP contribution in [0.3, 0.4) is 0 Å². The predicted octanol–water partition coefficient (Wildman–Crippen LogP) is 3.68. The minimum atomic E-state index is -1.39. The van der Waals surface area contributed by atoms with Gasteiger partial charge in [-0.05, 0) is 25.8 Å². The highest BCUT2D eigenvalue weighted by Crippen LogP contribution is 2.31. The third kappa shape index (κ3) is 6.07. The summed E-state index contributed by atoms with van der Waals surface area (Å²) in [5, 5.41) is 10.8. The Bertz CT molecular complexity index is 539. The molecule has 0 aliphatic carbocycles. The van der Waals surface area contributed by atoms with Crippen molar-refractivity contribution in [1.82, 2.24) is 0 Å². The SMILES string of the molecule is CC(C)COC(C)O[C@H](C)COc1c([N+](=O)[O-])ccc(F)c1F. The Morgan fingerprint density at radius 2 is 1.83 bits per heavy atom. The van der Waals surface area contributed by atoms with E-state index in [0.717, 1.165) is 6.07 Å². The number of hydrogen-bond donors (Lipinski definition) is 0. The topological polar surface area (TPSA) is 70.8 Å². The van der Waals surface area contributed by atoms with Crippen LogP contribution in [0.25, 0.3) is 0 Å². The molecule has 0 saturated carbocycles. The van der Waals surface area contributed by atoms with Gasteiger partial charge in [-0.2, -0.15) is 4.39 Å². The number of ether oxygens (including phenoxy) is 3. The molecule has 0 saturated heterocycles. The van der Waals surface area contributed by atoms with Crippen molar-refractivity contribution < 1.29 is 27.9 Å². The standard InChI is InChI=1S/C15H21F2NO5/c1-9(2)7-21-11(4)23-10(3)8-22-15-13(18(19)20)6-5-12(16)14(15)17/h5-6,9-11H,7-8H2,1-4H3/t10-,11?/m1/s1. The lowest BCUT2D eigenvalue weighted by atomic mass is 10.2. The summed E-state index contributed by atoms with van der Waals surface area (Å²) < 4.78 is 42.8. The lowest BCUT2D eigenvalue weighted by molar-refractivity contribution is -0.386. The molecule has 0 N–H and O–H groups in total. The number of nitro benzene ring substituents is 1. The van der Waals surface area contributed by atoms with Crippen LogP contribution in [0.2, 0.25) is 0 Å². The van der Waals surface area contributed by atoms with E-state index >= 15 is 0 Å². The average Bonchev–Trinajstić information content (AvgIpc) is 2.46. The summed E-state index contributed by atoms with van der Waals surface area (Å²) in [6.45, 7) is 7.65. The Labute approximate surface area is 133 Å². The van der Waals surface area contributed by atoms with Crippen LogP contribution in [0.4, 0.5) is 14.5 Å². The van der Waals surface area contributed by atoms with Crippen molar-refractivity contribution in [3.63, 3.8) is 0 Å². The van der Waals surface area contributed by atoms with Crippen molar-refractivity contribution in [3.8, 4) is 5.75 Å². The van der Waals surface area contributed by atoms with Gasteiger partial charge in [0.2, 0.25) is 11.6 Å². The van der Waals surface area contributed by atoms with E-state index in [0.29, 0.717) is 18.6 Å². The van der Waals surface area contributed by atoms with Crippen molar-refractivity contribution in [2.45, 2.75) is 40.1 Å². The zero-order valence-electron chi connectivity index (χ0n) is 13.5. The van der Waals surface area contributed by atoms with E-state index in [1.54, 1.807) is 13.8 Å². The normalized spacial score (nSPS) is 13.9. The Hall–Kier alpha value is -1.80. The highest BCUT2D eigenvalue weighted by Gasteiger charge is 2.24. The van der Waals surface area contributed by atoms with Crippen LogP contribution in [-0.4, -0.2) is 30.5 Å². The smallest absolute Gasteiger partial charge is 0.314 e. The molecule has 0 aliphatic rings. The molecule has 0 radical (unpaired) electrons. The maximum atomic E-state index is 13.7. The van der Waals surface area contributed by atoms with Gasteiger partial charge < -0.3 is 14.2 Å². The van der Waals surface area contributed by atoms with Gasteiger partial charge in [0, 0.05) is 6.07 Å². The molecule has 0 amide bonds. The lowest BCUT2D eigenvalue weighted by Crippen LogP contribution is -2.26. The summed E-state index contributed by atoms with van der Waals surface area (Å²) in [5.41, 5.74) is -0.639. The van der Waals surface area contributed by atoms with Crippen LogP contribution in [0.15, 0.2) is 12.1 Å². The maximum Gasteiger partial charge on any atom is 0.314 e. The second-order valence-electron chi connectivity index (χ2n) is 5.52. The molecular formula is C15H21F2NO5. The van der Waals surface area contributed by atoms with Gasteiger partial charge in [-0.1, -0.05) is 13.8 Å². The second kappa shape index (κ2) is 8.73. The van der Waals surface area contributed by atoms with Gasteiger partial charge in [-0.3, -0.25) is 10.1 Å². The first kappa shape index (κ1) is 19.2. The number of hydrogen-bond acceptors (Lipinski definition) is 5. The van der Waals surface area contributed by atoms with Crippen LogP contribution < -0.4 is 4.74 Å². The van der Waals surface area contributed by atoms with E-state index in [9.17, 15) is 18.9 Å². The fourth-order valence-electron chi connectivity index (χ4n) is 1.74. The molecule has 8 heteroatoms. The summed E-state index contributed by atoms with van der Waals surface area (Å²) in [5.74, 6) is -3.00. The first-order valence-electron chi connectivity index (χ1n) is 7.24. The molecule has 0 heterocycles. The monoisotopic (exact) mass is 333 g/mol. The molecular weight excluding hydrogens is 312 g/mol. The van der Waals surface area contributed by atoms with E-state index in [1.165, 1.54) is 0 Å². The summed E-state index contributed by atoms with van der Waals surface area (Å²) in [7, 11) is 0. The molecule has 2 atom stereocenters. The minimum absolute atomic E-state index is 0.184. The van der Waals surface area contributed by atoms with Gasteiger partial charge in [-0.25, -0.2) is 4.39 Å². The highest BCUT2D eigenvalue weighted by molar-refractivity contribution is 5.47. The zero-order chi connectivity index (χ0) is 17.6. The van der Waals surface area contributed by atoms with Crippen LogP contribution in [0, 0.1) is 27.7 Å². The quantitative estimate of drug-likeness (QED) is 0.392. The van der Waals surface area contributed by atoms with E-state index in [4.69, 9.17) is 14.2 Å². The Morgan fingerprint density at radius 3 is 2.39 bits per heavy atom. The second-order valence-corrected chi connectivity index (χ2v) is 5.52.